The highest BCUT2D eigenvalue weighted by Crippen LogP contribution is 2.22. The van der Waals surface area contributed by atoms with Crippen LogP contribution in [0, 0.1) is 20.8 Å². The molecule has 0 aromatic heterocycles. The molecule has 19 heavy (non-hydrogen) atoms. The summed E-state index contributed by atoms with van der Waals surface area (Å²) < 4.78 is 5.79. The van der Waals surface area contributed by atoms with Crippen LogP contribution in [0.5, 0.6) is 5.75 Å². The Kier molecular flexibility index (Phi) is 4.07. The van der Waals surface area contributed by atoms with Crippen molar-refractivity contribution in [1.29, 1.82) is 0 Å². The van der Waals surface area contributed by atoms with Gasteiger partial charge in [0.05, 0.1) is 6.04 Å². The summed E-state index contributed by atoms with van der Waals surface area (Å²) in [5.74, 6) is 0.0287. The number of hydrogen-bond donors (Lipinski definition) is 3. The number of hydrazine groups is 1. The maximum absolute atomic E-state index is 10.8. The third kappa shape index (κ3) is 3.24. The van der Waals surface area contributed by atoms with Gasteiger partial charge in [-0.3, -0.25) is 10.2 Å². The highest BCUT2D eigenvalue weighted by molar-refractivity contribution is 5.73. The molecule has 1 heterocycles. The zero-order valence-electron chi connectivity index (χ0n) is 11.5. The summed E-state index contributed by atoms with van der Waals surface area (Å²) in [5.41, 5.74) is 9.24. The minimum atomic E-state index is -0.836. The number of hydrogen-bond acceptors (Lipinski definition) is 4. The molecule has 0 radical (unpaired) electrons. The van der Waals surface area contributed by atoms with E-state index in [4.69, 9.17) is 9.84 Å². The first-order valence-corrected chi connectivity index (χ1v) is 6.42. The molecule has 1 fully saturated rings. The van der Waals surface area contributed by atoms with Crippen molar-refractivity contribution in [1.82, 2.24) is 10.9 Å². The Morgan fingerprint density at radius 2 is 1.95 bits per heavy atom. The molecular formula is C14H20N2O3. The smallest absolute Gasteiger partial charge is 0.322 e. The Morgan fingerprint density at radius 1 is 1.26 bits per heavy atom. The van der Waals surface area contributed by atoms with Gasteiger partial charge in [0.15, 0.2) is 0 Å². The van der Waals surface area contributed by atoms with Crippen LogP contribution in [0.1, 0.15) is 23.1 Å². The second kappa shape index (κ2) is 5.59. The van der Waals surface area contributed by atoms with Crippen molar-refractivity contribution < 1.29 is 14.6 Å². The number of benzene rings is 1. The van der Waals surface area contributed by atoms with E-state index in [1.54, 1.807) is 0 Å². The molecule has 0 bridgehead atoms. The number of carboxylic acids is 1. The van der Waals surface area contributed by atoms with E-state index >= 15 is 0 Å². The molecule has 0 spiro atoms. The summed E-state index contributed by atoms with van der Waals surface area (Å²) in [6.07, 6.45) is 0.527. The van der Waals surface area contributed by atoms with E-state index in [1.807, 2.05) is 13.0 Å². The molecule has 1 aromatic carbocycles. The van der Waals surface area contributed by atoms with Crippen molar-refractivity contribution >= 4 is 5.97 Å². The predicted octanol–water partition coefficient (Wildman–Crippen LogP) is 1.31. The van der Waals surface area contributed by atoms with Gasteiger partial charge in [-0.1, -0.05) is 6.07 Å². The number of rotatable bonds is 4. The molecule has 2 unspecified atom stereocenters. The number of aryl methyl sites for hydroxylation is 3. The van der Waals surface area contributed by atoms with Crippen molar-refractivity contribution in [2.24, 2.45) is 0 Å². The predicted molar refractivity (Wildman–Crippen MR) is 72.2 cm³/mol. The van der Waals surface area contributed by atoms with Crippen LogP contribution in [0.15, 0.2) is 12.1 Å². The Morgan fingerprint density at radius 3 is 2.58 bits per heavy atom. The number of carbonyl (C=O) groups is 1. The first kappa shape index (κ1) is 13.8. The lowest BCUT2D eigenvalue weighted by Gasteiger charge is -2.15. The van der Waals surface area contributed by atoms with E-state index in [0.29, 0.717) is 13.0 Å². The standard InChI is InChI=1S/C14H20N2O3/c1-8-4-10(3)13(5-9(8)2)19-7-11-6-12(14(17)18)16-15-11/h4-5,11-12,15-16H,6-7H2,1-3H3,(H,17,18). The third-order valence-corrected chi connectivity index (χ3v) is 3.51. The van der Waals surface area contributed by atoms with Crippen LogP contribution in [0.2, 0.25) is 0 Å². The molecule has 1 aliphatic heterocycles. The molecule has 5 heteroatoms. The first-order valence-electron chi connectivity index (χ1n) is 6.42. The highest BCUT2D eigenvalue weighted by Gasteiger charge is 2.29. The molecule has 1 aliphatic rings. The molecule has 104 valence electrons. The van der Waals surface area contributed by atoms with Gasteiger partial charge in [-0.2, -0.15) is 0 Å². The fraction of sp³-hybridized carbons (Fsp3) is 0.500. The van der Waals surface area contributed by atoms with Gasteiger partial charge in [0, 0.05) is 0 Å². The number of aliphatic carboxylic acids is 1. The Hall–Kier alpha value is -1.59. The average molecular weight is 264 g/mol. The quantitative estimate of drug-likeness (QED) is 0.765. The molecule has 0 amide bonds. The van der Waals surface area contributed by atoms with Crippen LogP contribution in [-0.4, -0.2) is 29.8 Å². The average Bonchev–Trinajstić information content (AvgIpc) is 2.81. The lowest BCUT2D eigenvalue weighted by Crippen LogP contribution is -2.38. The van der Waals surface area contributed by atoms with E-state index in [2.05, 4.69) is 30.8 Å². The monoisotopic (exact) mass is 264 g/mol. The molecular weight excluding hydrogens is 244 g/mol. The molecule has 1 saturated heterocycles. The highest BCUT2D eigenvalue weighted by atomic mass is 16.5. The number of ether oxygens (including phenoxy) is 1. The Labute approximate surface area is 112 Å². The maximum atomic E-state index is 10.8. The zero-order chi connectivity index (χ0) is 14.0. The zero-order valence-corrected chi connectivity index (χ0v) is 11.5. The minimum Gasteiger partial charge on any atom is -0.492 e. The molecule has 5 nitrogen and oxygen atoms in total. The van der Waals surface area contributed by atoms with Crippen LogP contribution in [0.25, 0.3) is 0 Å². The van der Waals surface area contributed by atoms with Crippen molar-refractivity contribution in [3.05, 3.63) is 28.8 Å². The van der Waals surface area contributed by atoms with Crippen LogP contribution in [0.4, 0.5) is 0 Å². The van der Waals surface area contributed by atoms with Crippen molar-refractivity contribution in [2.75, 3.05) is 6.61 Å². The van der Waals surface area contributed by atoms with Gasteiger partial charge in [0.1, 0.15) is 18.4 Å². The molecule has 1 aromatic rings. The van der Waals surface area contributed by atoms with Gasteiger partial charge in [-0.15, -0.1) is 0 Å². The second-order valence-electron chi connectivity index (χ2n) is 5.13. The lowest BCUT2D eigenvalue weighted by atomic mass is 10.1. The van der Waals surface area contributed by atoms with Crippen LogP contribution >= 0.6 is 0 Å². The minimum absolute atomic E-state index is 0.0158. The number of nitrogens with one attached hydrogen (secondary N) is 2. The summed E-state index contributed by atoms with van der Waals surface area (Å²) >= 11 is 0. The SMILES string of the molecule is Cc1cc(C)c(OCC2CC(C(=O)O)NN2)cc1C. The third-order valence-electron chi connectivity index (χ3n) is 3.51. The van der Waals surface area contributed by atoms with Crippen molar-refractivity contribution in [2.45, 2.75) is 39.3 Å². The van der Waals surface area contributed by atoms with Gasteiger partial charge < -0.3 is 9.84 Å². The van der Waals surface area contributed by atoms with E-state index in [-0.39, 0.29) is 6.04 Å². The van der Waals surface area contributed by atoms with E-state index in [9.17, 15) is 4.79 Å². The molecule has 2 rings (SSSR count). The van der Waals surface area contributed by atoms with E-state index in [1.165, 1.54) is 11.1 Å². The largest absolute Gasteiger partial charge is 0.492 e. The Balaban J connectivity index is 1.93. The van der Waals surface area contributed by atoms with Crippen molar-refractivity contribution in [3.63, 3.8) is 0 Å². The topological polar surface area (TPSA) is 70.6 Å². The summed E-state index contributed by atoms with van der Waals surface area (Å²) in [6.45, 7) is 6.60. The van der Waals surface area contributed by atoms with Crippen LogP contribution in [-0.2, 0) is 4.79 Å². The molecule has 3 N–H and O–H groups in total. The van der Waals surface area contributed by atoms with E-state index in [0.717, 1.165) is 11.3 Å². The number of carboxylic acid groups (broad SMARTS) is 1. The van der Waals surface area contributed by atoms with Crippen molar-refractivity contribution in [3.8, 4) is 5.75 Å². The summed E-state index contributed by atoms with van der Waals surface area (Å²) in [5, 5.41) is 8.88. The fourth-order valence-electron chi connectivity index (χ4n) is 2.17. The molecule has 0 aliphatic carbocycles. The normalized spacial score (nSPS) is 22.5. The summed E-state index contributed by atoms with van der Waals surface area (Å²) in [4.78, 5) is 10.8. The van der Waals surface area contributed by atoms with Gasteiger partial charge in [-0.25, -0.2) is 5.43 Å². The maximum Gasteiger partial charge on any atom is 0.322 e. The van der Waals surface area contributed by atoms with Crippen LogP contribution in [0.3, 0.4) is 0 Å². The lowest BCUT2D eigenvalue weighted by molar-refractivity contribution is -0.139. The molecule has 0 saturated carbocycles. The fourth-order valence-corrected chi connectivity index (χ4v) is 2.17. The second-order valence-corrected chi connectivity index (χ2v) is 5.13. The molecule has 2 atom stereocenters. The first-order chi connectivity index (χ1) is 8.97. The van der Waals surface area contributed by atoms with Gasteiger partial charge in [0.25, 0.3) is 0 Å². The van der Waals surface area contributed by atoms with Gasteiger partial charge in [-0.05, 0) is 49.9 Å². The Bertz CT molecular complexity index is 488. The van der Waals surface area contributed by atoms with Crippen LogP contribution < -0.4 is 15.6 Å². The summed E-state index contributed by atoms with van der Waals surface area (Å²) in [7, 11) is 0. The van der Waals surface area contributed by atoms with Gasteiger partial charge >= 0.3 is 5.97 Å². The summed E-state index contributed by atoms with van der Waals surface area (Å²) in [6, 6.07) is 3.61. The van der Waals surface area contributed by atoms with E-state index < -0.39 is 12.0 Å². The van der Waals surface area contributed by atoms with Gasteiger partial charge in [0.2, 0.25) is 0 Å².